The number of rotatable bonds is 2. The lowest BCUT2D eigenvalue weighted by Crippen LogP contribution is -2.21. The zero-order valence-electron chi connectivity index (χ0n) is 9.50. The average Bonchev–Trinajstić information content (AvgIpc) is 2.45. The van der Waals surface area contributed by atoms with Crippen LogP contribution in [0.4, 0.5) is 0 Å². The second kappa shape index (κ2) is 4.01. The molecule has 0 saturated carbocycles. The molecular formula is C10H18BrN3. The second-order valence-corrected chi connectivity index (χ2v) is 5.35. The highest BCUT2D eigenvalue weighted by Crippen LogP contribution is 2.24. The summed E-state index contributed by atoms with van der Waals surface area (Å²) in [6.45, 7) is 10.8. The number of hydrogen-bond acceptors (Lipinski definition) is 2. The van der Waals surface area contributed by atoms with E-state index in [4.69, 9.17) is 0 Å². The van der Waals surface area contributed by atoms with E-state index in [0.717, 1.165) is 17.0 Å². The van der Waals surface area contributed by atoms with Crippen molar-refractivity contribution >= 4 is 15.9 Å². The van der Waals surface area contributed by atoms with E-state index in [9.17, 15) is 0 Å². The molecule has 4 heteroatoms. The molecule has 0 spiro atoms. The Morgan fingerprint density at radius 2 is 1.86 bits per heavy atom. The van der Waals surface area contributed by atoms with Gasteiger partial charge in [0.1, 0.15) is 11.6 Å². The first-order valence-electron chi connectivity index (χ1n) is 4.88. The van der Waals surface area contributed by atoms with Crippen molar-refractivity contribution in [2.75, 3.05) is 0 Å². The van der Waals surface area contributed by atoms with Gasteiger partial charge in [0.25, 0.3) is 0 Å². The van der Waals surface area contributed by atoms with Crippen molar-refractivity contribution in [1.29, 1.82) is 0 Å². The molecule has 80 valence electrons. The molecular weight excluding hydrogens is 242 g/mol. The molecule has 0 aliphatic heterocycles. The van der Waals surface area contributed by atoms with Crippen molar-refractivity contribution in [2.45, 2.75) is 51.4 Å². The summed E-state index contributed by atoms with van der Waals surface area (Å²) in [5.74, 6) is 2.06. The summed E-state index contributed by atoms with van der Waals surface area (Å²) in [5.41, 5.74) is 0.0533. The zero-order valence-corrected chi connectivity index (χ0v) is 11.1. The molecule has 0 bridgehead atoms. The highest BCUT2D eigenvalue weighted by molar-refractivity contribution is 9.08. The molecule has 1 aromatic heterocycles. The molecule has 0 saturated heterocycles. The topological polar surface area (TPSA) is 30.7 Å². The standard InChI is InChI=1S/C10H18BrN3/c1-7(2)14-8(6-11)12-13-9(14)10(3,4)5/h7H,6H2,1-5H3. The van der Waals surface area contributed by atoms with Gasteiger partial charge in [0, 0.05) is 11.5 Å². The predicted octanol–water partition coefficient (Wildman–Crippen LogP) is 3.05. The summed E-state index contributed by atoms with van der Waals surface area (Å²) in [6, 6.07) is 0.409. The molecule has 0 N–H and O–H groups in total. The van der Waals surface area contributed by atoms with Crippen LogP contribution in [-0.4, -0.2) is 14.8 Å². The van der Waals surface area contributed by atoms with E-state index in [0.29, 0.717) is 6.04 Å². The zero-order chi connectivity index (χ0) is 10.9. The average molecular weight is 260 g/mol. The van der Waals surface area contributed by atoms with Crippen LogP contribution in [0, 0.1) is 0 Å². The van der Waals surface area contributed by atoms with Crippen molar-refractivity contribution < 1.29 is 0 Å². The Hall–Kier alpha value is -0.380. The van der Waals surface area contributed by atoms with Gasteiger partial charge in [-0.15, -0.1) is 10.2 Å². The van der Waals surface area contributed by atoms with Crippen LogP contribution in [0.15, 0.2) is 0 Å². The van der Waals surface area contributed by atoms with Crippen LogP contribution < -0.4 is 0 Å². The first kappa shape index (κ1) is 11.7. The first-order chi connectivity index (χ1) is 6.38. The lowest BCUT2D eigenvalue weighted by atomic mass is 9.95. The molecule has 1 rings (SSSR count). The minimum absolute atomic E-state index is 0.0533. The molecule has 0 amide bonds. The van der Waals surface area contributed by atoms with Gasteiger partial charge in [0.15, 0.2) is 0 Å². The number of nitrogens with zero attached hydrogens (tertiary/aromatic N) is 3. The number of alkyl halides is 1. The fourth-order valence-corrected chi connectivity index (χ4v) is 1.85. The second-order valence-electron chi connectivity index (χ2n) is 4.79. The number of hydrogen-bond donors (Lipinski definition) is 0. The summed E-state index contributed by atoms with van der Waals surface area (Å²) >= 11 is 3.43. The molecule has 3 nitrogen and oxygen atoms in total. The largest absolute Gasteiger partial charge is 0.311 e. The van der Waals surface area contributed by atoms with Crippen LogP contribution in [0.25, 0.3) is 0 Å². The Morgan fingerprint density at radius 1 is 1.29 bits per heavy atom. The lowest BCUT2D eigenvalue weighted by Gasteiger charge is -2.21. The van der Waals surface area contributed by atoms with E-state index in [1.807, 2.05) is 0 Å². The third-order valence-corrected chi connectivity index (χ3v) is 2.57. The molecule has 0 aromatic carbocycles. The van der Waals surface area contributed by atoms with E-state index in [1.165, 1.54) is 0 Å². The van der Waals surface area contributed by atoms with E-state index in [-0.39, 0.29) is 5.41 Å². The van der Waals surface area contributed by atoms with Crippen molar-refractivity contribution in [2.24, 2.45) is 0 Å². The predicted molar refractivity (Wildman–Crippen MR) is 61.7 cm³/mol. The smallest absolute Gasteiger partial charge is 0.143 e. The fraction of sp³-hybridized carbons (Fsp3) is 0.800. The lowest BCUT2D eigenvalue weighted by molar-refractivity contribution is 0.463. The van der Waals surface area contributed by atoms with Crippen LogP contribution in [0.2, 0.25) is 0 Å². The van der Waals surface area contributed by atoms with E-state index < -0.39 is 0 Å². The van der Waals surface area contributed by atoms with Crippen molar-refractivity contribution in [3.63, 3.8) is 0 Å². The molecule has 1 aromatic rings. The van der Waals surface area contributed by atoms with Gasteiger partial charge in [0.2, 0.25) is 0 Å². The third kappa shape index (κ3) is 2.16. The van der Waals surface area contributed by atoms with E-state index in [1.54, 1.807) is 0 Å². The Bertz CT molecular complexity index is 310. The Kier molecular flexibility index (Phi) is 3.35. The van der Waals surface area contributed by atoms with E-state index in [2.05, 4.69) is 65.3 Å². The molecule has 1 heterocycles. The van der Waals surface area contributed by atoms with Gasteiger partial charge in [-0.25, -0.2) is 0 Å². The monoisotopic (exact) mass is 259 g/mol. The van der Waals surface area contributed by atoms with Gasteiger partial charge in [-0.1, -0.05) is 36.7 Å². The highest BCUT2D eigenvalue weighted by Gasteiger charge is 2.24. The molecule has 0 aliphatic rings. The van der Waals surface area contributed by atoms with Crippen LogP contribution in [0.3, 0.4) is 0 Å². The Labute approximate surface area is 94.0 Å². The van der Waals surface area contributed by atoms with Crippen molar-refractivity contribution in [1.82, 2.24) is 14.8 Å². The van der Waals surface area contributed by atoms with Gasteiger partial charge in [-0.2, -0.15) is 0 Å². The van der Waals surface area contributed by atoms with Gasteiger partial charge >= 0.3 is 0 Å². The number of aromatic nitrogens is 3. The van der Waals surface area contributed by atoms with Crippen molar-refractivity contribution in [3.05, 3.63) is 11.6 Å². The minimum atomic E-state index is 0.0533. The Balaban J connectivity index is 3.25. The molecule has 0 unspecified atom stereocenters. The maximum atomic E-state index is 4.26. The summed E-state index contributed by atoms with van der Waals surface area (Å²) in [6.07, 6.45) is 0. The van der Waals surface area contributed by atoms with Gasteiger partial charge in [-0.05, 0) is 13.8 Å². The van der Waals surface area contributed by atoms with Gasteiger partial charge in [-0.3, -0.25) is 0 Å². The maximum absolute atomic E-state index is 4.26. The normalized spacial score (nSPS) is 12.5. The molecule has 0 atom stereocenters. The fourth-order valence-electron chi connectivity index (χ4n) is 1.47. The number of halogens is 1. The quantitative estimate of drug-likeness (QED) is 0.765. The molecule has 0 radical (unpaired) electrons. The maximum Gasteiger partial charge on any atom is 0.143 e. The van der Waals surface area contributed by atoms with Gasteiger partial charge < -0.3 is 4.57 Å². The van der Waals surface area contributed by atoms with E-state index >= 15 is 0 Å². The molecule has 14 heavy (non-hydrogen) atoms. The van der Waals surface area contributed by atoms with Crippen molar-refractivity contribution in [3.8, 4) is 0 Å². The summed E-state index contributed by atoms with van der Waals surface area (Å²) in [5, 5.41) is 9.21. The van der Waals surface area contributed by atoms with Crippen LogP contribution in [-0.2, 0) is 10.7 Å². The summed E-state index contributed by atoms with van der Waals surface area (Å²) < 4.78 is 2.20. The summed E-state index contributed by atoms with van der Waals surface area (Å²) in [4.78, 5) is 0. The van der Waals surface area contributed by atoms with Crippen LogP contribution in [0.5, 0.6) is 0 Å². The molecule has 0 aliphatic carbocycles. The van der Waals surface area contributed by atoms with Gasteiger partial charge in [0.05, 0.1) is 5.33 Å². The minimum Gasteiger partial charge on any atom is -0.311 e. The Morgan fingerprint density at radius 3 is 2.21 bits per heavy atom. The first-order valence-corrected chi connectivity index (χ1v) is 6.00. The SMILES string of the molecule is CC(C)n1c(CBr)nnc1C(C)(C)C. The highest BCUT2D eigenvalue weighted by atomic mass is 79.9. The third-order valence-electron chi connectivity index (χ3n) is 2.07. The van der Waals surface area contributed by atoms with Crippen LogP contribution in [0.1, 0.15) is 52.3 Å². The molecule has 0 fully saturated rings. The summed E-state index contributed by atoms with van der Waals surface area (Å²) in [7, 11) is 0. The van der Waals surface area contributed by atoms with Crippen LogP contribution >= 0.6 is 15.9 Å².